The number of aromatic hydroxyl groups is 1. The van der Waals surface area contributed by atoms with Crippen molar-refractivity contribution in [2.24, 2.45) is 0 Å². The van der Waals surface area contributed by atoms with Crippen LogP contribution in [-0.4, -0.2) is 24.9 Å². The van der Waals surface area contributed by atoms with Crippen LogP contribution in [0.3, 0.4) is 0 Å². The SMILES string of the molecule is O=c1[nH]c(O)c(-c2cc(Cl)c([N+](=O)[O-])cc2[N+](=O)[O-])c(=O)[nH]1. The van der Waals surface area contributed by atoms with Crippen LogP contribution in [0.5, 0.6) is 5.88 Å². The number of aromatic nitrogens is 2. The summed E-state index contributed by atoms with van der Waals surface area (Å²) in [6.07, 6.45) is 0. The lowest BCUT2D eigenvalue weighted by Gasteiger charge is -2.05. The van der Waals surface area contributed by atoms with Crippen molar-refractivity contribution in [3.8, 4) is 17.0 Å². The summed E-state index contributed by atoms with van der Waals surface area (Å²) in [5.41, 5.74) is -4.82. The zero-order valence-electron chi connectivity index (χ0n) is 10.3. The van der Waals surface area contributed by atoms with Gasteiger partial charge in [-0.2, -0.15) is 0 Å². The molecule has 1 aromatic carbocycles. The third-order valence-electron chi connectivity index (χ3n) is 2.65. The van der Waals surface area contributed by atoms with E-state index in [1.807, 2.05) is 4.98 Å². The monoisotopic (exact) mass is 328 g/mol. The first-order chi connectivity index (χ1) is 10.2. The molecule has 0 saturated carbocycles. The third kappa shape index (κ3) is 2.52. The summed E-state index contributed by atoms with van der Waals surface area (Å²) in [7, 11) is 0. The van der Waals surface area contributed by atoms with Crippen LogP contribution in [0.4, 0.5) is 11.4 Å². The molecule has 22 heavy (non-hydrogen) atoms. The van der Waals surface area contributed by atoms with E-state index in [0.717, 1.165) is 6.07 Å². The first-order valence-electron chi connectivity index (χ1n) is 5.40. The maximum Gasteiger partial charge on any atom is 0.328 e. The van der Waals surface area contributed by atoms with Crippen LogP contribution in [0.1, 0.15) is 0 Å². The van der Waals surface area contributed by atoms with Crippen molar-refractivity contribution < 1.29 is 15.0 Å². The Balaban J connectivity index is 2.90. The number of nitro benzene ring substituents is 2. The maximum atomic E-state index is 11.7. The zero-order valence-corrected chi connectivity index (χ0v) is 11.1. The van der Waals surface area contributed by atoms with Gasteiger partial charge in [0.1, 0.15) is 10.6 Å². The minimum atomic E-state index is -1.12. The van der Waals surface area contributed by atoms with Gasteiger partial charge >= 0.3 is 5.69 Å². The normalized spacial score (nSPS) is 10.4. The average Bonchev–Trinajstić information content (AvgIpc) is 2.36. The fourth-order valence-corrected chi connectivity index (χ4v) is 2.00. The maximum absolute atomic E-state index is 11.7. The van der Waals surface area contributed by atoms with Crippen molar-refractivity contribution in [2.45, 2.75) is 0 Å². The van der Waals surface area contributed by atoms with Gasteiger partial charge in [-0.05, 0) is 6.07 Å². The van der Waals surface area contributed by atoms with Crippen molar-refractivity contribution in [1.82, 2.24) is 9.97 Å². The second-order valence-electron chi connectivity index (χ2n) is 3.97. The highest BCUT2D eigenvalue weighted by Gasteiger charge is 2.27. The molecule has 0 aliphatic rings. The van der Waals surface area contributed by atoms with Crippen LogP contribution in [0.25, 0.3) is 11.1 Å². The van der Waals surface area contributed by atoms with E-state index >= 15 is 0 Å². The molecule has 0 bridgehead atoms. The predicted octanol–water partition coefficient (Wildman–Crippen LogP) is 0.906. The standard InChI is InChI=1S/C10H5ClN4O7/c11-4-1-3(5(14(19)20)2-6(4)15(21)22)7-8(16)12-10(18)13-9(7)17/h1-2H,(H3,12,13,16,17,18). The summed E-state index contributed by atoms with van der Waals surface area (Å²) in [6.45, 7) is 0. The van der Waals surface area contributed by atoms with Gasteiger partial charge in [0.05, 0.1) is 21.5 Å². The molecule has 12 heteroatoms. The van der Waals surface area contributed by atoms with Gasteiger partial charge in [0, 0.05) is 0 Å². The summed E-state index contributed by atoms with van der Waals surface area (Å²) in [5, 5.41) is 31.0. The number of nitrogens with one attached hydrogen (secondary N) is 2. The third-order valence-corrected chi connectivity index (χ3v) is 2.95. The van der Waals surface area contributed by atoms with Gasteiger partial charge in [-0.1, -0.05) is 11.6 Å². The molecule has 0 radical (unpaired) electrons. The summed E-state index contributed by atoms with van der Waals surface area (Å²) < 4.78 is 0. The fraction of sp³-hybridized carbons (Fsp3) is 0. The van der Waals surface area contributed by atoms with E-state index in [9.17, 15) is 34.9 Å². The molecule has 0 aliphatic heterocycles. The number of hydrogen-bond donors (Lipinski definition) is 3. The molecule has 2 rings (SSSR count). The van der Waals surface area contributed by atoms with Crippen molar-refractivity contribution in [3.05, 3.63) is 58.2 Å². The first kappa shape index (κ1) is 15.2. The van der Waals surface area contributed by atoms with Crippen LogP contribution in [0, 0.1) is 20.2 Å². The van der Waals surface area contributed by atoms with Crippen LogP contribution in [0.2, 0.25) is 5.02 Å². The van der Waals surface area contributed by atoms with E-state index in [2.05, 4.69) is 0 Å². The number of benzene rings is 1. The lowest BCUT2D eigenvalue weighted by atomic mass is 10.1. The number of hydrogen-bond acceptors (Lipinski definition) is 7. The van der Waals surface area contributed by atoms with Gasteiger partial charge < -0.3 is 5.11 Å². The van der Waals surface area contributed by atoms with Crippen molar-refractivity contribution >= 4 is 23.0 Å². The Hall–Kier alpha value is -3.21. The smallest absolute Gasteiger partial charge is 0.328 e. The van der Waals surface area contributed by atoms with Gasteiger partial charge in [-0.3, -0.25) is 35.0 Å². The van der Waals surface area contributed by atoms with Crippen molar-refractivity contribution in [2.75, 3.05) is 0 Å². The van der Waals surface area contributed by atoms with Crippen LogP contribution in [-0.2, 0) is 0 Å². The molecule has 1 aromatic heterocycles. The highest BCUT2D eigenvalue weighted by molar-refractivity contribution is 6.33. The predicted molar refractivity (Wildman–Crippen MR) is 73.1 cm³/mol. The molecule has 0 saturated heterocycles. The number of aromatic amines is 2. The van der Waals surface area contributed by atoms with Gasteiger partial charge in [-0.15, -0.1) is 0 Å². The summed E-state index contributed by atoms with van der Waals surface area (Å²) in [4.78, 5) is 46.2. The van der Waals surface area contributed by atoms with E-state index < -0.39 is 54.5 Å². The Labute approximate surface area is 124 Å². The van der Waals surface area contributed by atoms with Crippen LogP contribution in [0.15, 0.2) is 21.7 Å². The van der Waals surface area contributed by atoms with Crippen molar-refractivity contribution in [3.63, 3.8) is 0 Å². The van der Waals surface area contributed by atoms with Gasteiger partial charge in [0.2, 0.25) is 5.88 Å². The number of nitro groups is 2. The Morgan fingerprint density at radius 3 is 2.14 bits per heavy atom. The summed E-state index contributed by atoms with van der Waals surface area (Å²) >= 11 is 5.66. The molecule has 0 amide bonds. The molecule has 11 nitrogen and oxygen atoms in total. The highest BCUT2D eigenvalue weighted by atomic mass is 35.5. The zero-order chi connectivity index (χ0) is 16.6. The minimum Gasteiger partial charge on any atom is -0.494 e. The first-order valence-corrected chi connectivity index (χ1v) is 5.78. The van der Waals surface area contributed by atoms with Gasteiger partial charge in [0.25, 0.3) is 16.9 Å². The number of rotatable bonds is 3. The minimum absolute atomic E-state index is 0.476. The molecular weight excluding hydrogens is 324 g/mol. The second-order valence-corrected chi connectivity index (χ2v) is 4.37. The fourth-order valence-electron chi connectivity index (χ4n) is 1.77. The lowest BCUT2D eigenvalue weighted by molar-refractivity contribution is -0.393. The van der Waals surface area contributed by atoms with E-state index in [1.54, 1.807) is 4.98 Å². The highest BCUT2D eigenvalue weighted by Crippen LogP contribution is 2.38. The molecule has 0 unspecified atom stereocenters. The molecule has 1 heterocycles. The van der Waals surface area contributed by atoms with E-state index in [0.29, 0.717) is 6.07 Å². The molecular formula is C10H5ClN4O7. The number of H-pyrrole nitrogens is 2. The Morgan fingerprint density at radius 1 is 1.05 bits per heavy atom. The Morgan fingerprint density at radius 2 is 1.64 bits per heavy atom. The van der Waals surface area contributed by atoms with Gasteiger partial charge in [0.15, 0.2) is 0 Å². The molecule has 2 aromatic rings. The number of halogens is 1. The molecule has 114 valence electrons. The van der Waals surface area contributed by atoms with Gasteiger partial charge in [-0.25, -0.2) is 4.79 Å². The quantitative estimate of drug-likeness (QED) is 0.554. The van der Waals surface area contributed by atoms with Crippen LogP contribution < -0.4 is 11.2 Å². The molecule has 3 N–H and O–H groups in total. The van der Waals surface area contributed by atoms with Crippen molar-refractivity contribution in [1.29, 1.82) is 0 Å². The molecule has 0 spiro atoms. The molecule has 0 aliphatic carbocycles. The topological polar surface area (TPSA) is 172 Å². The summed E-state index contributed by atoms with van der Waals surface area (Å²) in [5.74, 6) is -0.929. The molecule has 0 fully saturated rings. The van der Waals surface area contributed by atoms with E-state index in [4.69, 9.17) is 11.6 Å². The lowest BCUT2D eigenvalue weighted by Crippen LogP contribution is -2.23. The average molecular weight is 329 g/mol. The summed E-state index contributed by atoms with van der Waals surface area (Å²) in [6, 6.07) is 1.35. The Kier molecular flexibility index (Phi) is 3.65. The Bertz CT molecular complexity index is 916. The largest absolute Gasteiger partial charge is 0.494 e. The second kappa shape index (κ2) is 5.29. The number of nitrogens with zero attached hydrogens (tertiary/aromatic N) is 2. The van der Waals surface area contributed by atoms with E-state index in [1.165, 1.54) is 0 Å². The van der Waals surface area contributed by atoms with E-state index in [-0.39, 0.29) is 0 Å². The molecule has 0 atom stereocenters. The van der Waals surface area contributed by atoms with Crippen LogP contribution >= 0.6 is 11.6 Å².